The van der Waals surface area contributed by atoms with E-state index in [1.165, 1.54) is 6.92 Å². The first kappa shape index (κ1) is 24.7. The Hall–Kier alpha value is -2.94. The van der Waals surface area contributed by atoms with Crippen molar-refractivity contribution in [2.75, 3.05) is 7.11 Å². The number of ether oxygens (including phenoxy) is 5. The van der Waals surface area contributed by atoms with Gasteiger partial charge in [-0.15, -0.1) is 0 Å². The van der Waals surface area contributed by atoms with Gasteiger partial charge >= 0.3 is 5.97 Å². The van der Waals surface area contributed by atoms with Gasteiger partial charge in [0.15, 0.2) is 6.10 Å². The van der Waals surface area contributed by atoms with Crippen molar-refractivity contribution in [3.8, 4) is 11.5 Å². The summed E-state index contributed by atoms with van der Waals surface area (Å²) in [6, 6.07) is 16.3. The third-order valence-corrected chi connectivity index (χ3v) is 5.30. The van der Waals surface area contributed by atoms with Crippen LogP contribution in [-0.2, 0) is 30.4 Å². The molecule has 1 aliphatic rings. The van der Waals surface area contributed by atoms with Crippen LogP contribution in [0.25, 0.3) is 0 Å². The lowest BCUT2D eigenvalue weighted by Crippen LogP contribution is -2.60. The first-order chi connectivity index (χ1) is 15.9. The molecule has 1 heterocycles. The molecule has 2 aromatic carbocycles. The van der Waals surface area contributed by atoms with Crippen LogP contribution in [0, 0.1) is 0 Å². The van der Waals surface area contributed by atoms with E-state index in [4.69, 9.17) is 23.7 Å². The average Bonchev–Trinajstić information content (AvgIpc) is 2.81. The third kappa shape index (κ3) is 7.02. The molecule has 3 rings (SSSR count). The van der Waals surface area contributed by atoms with E-state index in [0.29, 0.717) is 11.5 Å². The molecule has 0 aromatic heterocycles. The molecule has 8 nitrogen and oxygen atoms in total. The maximum atomic E-state index is 12.5. The number of hydrogen-bond acceptors (Lipinski definition) is 8. The fourth-order valence-electron chi connectivity index (χ4n) is 3.44. The number of rotatable bonds is 10. The summed E-state index contributed by atoms with van der Waals surface area (Å²) in [6.45, 7) is 3.30. The highest BCUT2D eigenvalue weighted by Gasteiger charge is 2.48. The number of carbonyl (C=O) groups is 2. The third-order valence-electron chi connectivity index (χ3n) is 5.30. The Bertz CT molecular complexity index is 898. The first-order valence-corrected chi connectivity index (χ1v) is 10.9. The van der Waals surface area contributed by atoms with Gasteiger partial charge in [0.05, 0.1) is 26.2 Å². The van der Waals surface area contributed by atoms with Crippen LogP contribution in [0.1, 0.15) is 32.3 Å². The van der Waals surface area contributed by atoms with Gasteiger partial charge in [0, 0.05) is 6.42 Å². The second-order valence-corrected chi connectivity index (χ2v) is 7.91. The van der Waals surface area contributed by atoms with Crippen molar-refractivity contribution >= 4 is 11.8 Å². The van der Waals surface area contributed by atoms with E-state index in [2.05, 4.69) is 0 Å². The predicted molar refractivity (Wildman–Crippen MR) is 119 cm³/mol. The minimum absolute atomic E-state index is 0.0604. The predicted octanol–water partition coefficient (Wildman–Crippen LogP) is 3.05. The van der Waals surface area contributed by atoms with Crippen molar-refractivity contribution in [1.29, 1.82) is 0 Å². The second kappa shape index (κ2) is 11.8. The van der Waals surface area contributed by atoms with Crippen molar-refractivity contribution in [2.24, 2.45) is 0 Å². The molecular formula is C25H30O8. The van der Waals surface area contributed by atoms with Crippen LogP contribution in [0.5, 0.6) is 11.5 Å². The van der Waals surface area contributed by atoms with Gasteiger partial charge in [-0.3, -0.25) is 4.79 Å². The summed E-state index contributed by atoms with van der Waals surface area (Å²) < 4.78 is 28.7. The molecule has 0 bridgehead atoms. The van der Waals surface area contributed by atoms with Crippen LogP contribution in [0.3, 0.4) is 0 Å². The van der Waals surface area contributed by atoms with Gasteiger partial charge in [0.2, 0.25) is 6.29 Å². The van der Waals surface area contributed by atoms with E-state index < -0.39 is 36.7 Å². The molecular weight excluding hydrogens is 428 g/mol. The summed E-state index contributed by atoms with van der Waals surface area (Å²) in [7, 11) is 1.56. The number of ketones is 1. The fraction of sp³-hybridized carbons (Fsp3) is 0.440. The Morgan fingerprint density at radius 3 is 2.27 bits per heavy atom. The molecule has 1 saturated heterocycles. The molecule has 1 aliphatic heterocycles. The largest absolute Gasteiger partial charge is 0.497 e. The molecule has 5 atom stereocenters. The van der Waals surface area contributed by atoms with E-state index in [9.17, 15) is 14.7 Å². The number of aliphatic hydroxyl groups excluding tert-OH is 1. The Morgan fingerprint density at radius 2 is 1.64 bits per heavy atom. The number of hydrogen-bond donors (Lipinski definition) is 1. The summed E-state index contributed by atoms with van der Waals surface area (Å²) in [5, 5.41) is 10.8. The Labute approximate surface area is 193 Å². The van der Waals surface area contributed by atoms with Gasteiger partial charge in [0.25, 0.3) is 0 Å². The second-order valence-electron chi connectivity index (χ2n) is 7.91. The fourth-order valence-corrected chi connectivity index (χ4v) is 3.44. The zero-order valence-electron chi connectivity index (χ0n) is 19.0. The van der Waals surface area contributed by atoms with Gasteiger partial charge < -0.3 is 33.6 Å². The highest BCUT2D eigenvalue weighted by molar-refractivity contribution is 5.81. The van der Waals surface area contributed by atoms with Crippen molar-refractivity contribution < 1.29 is 38.4 Å². The Kier molecular flexibility index (Phi) is 8.82. The maximum Gasteiger partial charge on any atom is 0.306 e. The van der Waals surface area contributed by atoms with Crippen LogP contribution < -0.4 is 9.47 Å². The summed E-state index contributed by atoms with van der Waals surface area (Å²) in [5.41, 5.74) is 0.901. The quantitative estimate of drug-likeness (QED) is 0.543. The molecule has 2 aromatic rings. The monoisotopic (exact) mass is 458 g/mol. The lowest BCUT2D eigenvalue weighted by Gasteiger charge is -2.42. The number of carbonyl (C=O) groups excluding carboxylic acids is 2. The molecule has 0 radical (unpaired) electrons. The molecule has 33 heavy (non-hydrogen) atoms. The van der Waals surface area contributed by atoms with Crippen LogP contribution in [0.15, 0.2) is 54.6 Å². The molecule has 0 unspecified atom stereocenters. The van der Waals surface area contributed by atoms with Gasteiger partial charge in [0.1, 0.15) is 29.5 Å². The van der Waals surface area contributed by atoms with E-state index in [1.807, 2.05) is 30.3 Å². The number of benzene rings is 2. The van der Waals surface area contributed by atoms with Crippen LogP contribution >= 0.6 is 0 Å². The average molecular weight is 459 g/mol. The van der Waals surface area contributed by atoms with Gasteiger partial charge in [-0.1, -0.05) is 30.3 Å². The summed E-state index contributed by atoms with van der Waals surface area (Å²) in [4.78, 5) is 23.8. The standard InChI is InChI=1S/C25H30O8/c1-16(26)9-14-21(27)33-24-23(30-15-18-7-5-4-6-8-18)22(28)17(2)31-25(24)32-20-12-10-19(29-3)11-13-20/h4-8,10-13,17,22-25,28H,9,14-15H2,1-3H3/t17-,22+,23+,24-,25-/m1/s1. The minimum atomic E-state index is -1.06. The summed E-state index contributed by atoms with van der Waals surface area (Å²) >= 11 is 0. The molecule has 0 aliphatic carbocycles. The number of Topliss-reactive ketones (excluding diaryl/α,β-unsaturated/α-hetero) is 1. The van der Waals surface area contributed by atoms with E-state index in [-0.39, 0.29) is 25.2 Å². The molecule has 1 fully saturated rings. The van der Waals surface area contributed by atoms with Gasteiger partial charge in [-0.25, -0.2) is 0 Å². The molecule has 178 valence electrons. The van der Waals surface area contributed by atoms with Crippen molar-refractivity contribution in [2.45, 2.75) is 64.0 Å². The molecule has 0 saturated carbocycles. The van der Waals surface area contributed by atoms with E-state index in [1.54, 1.807) is 38.3 Å². The number of methoxy groups -OCH3 is 1. The smallest absolute Gasteiger partial charge is 0.306 e. The van der Waals surface area contributed by atoms with Crippen LogP contribution in [0.2, 0.25) is 0 Å². The highest BCUT2D eigenvalue weighted by atomic mass is 16.7. The zero-order chi connectivity index (χ0) is 23.8. The lowest BCUT2D eigenvalue weighted by molar-refractivity contribution is -0.284. The topological polar surface area (TPSA) is 101 Å². The Balaban J connectivity index is 1.80. The zero-order valence-corrected chi connectivity index (χ0v) is 19.0. The molecule has 1 N–H and O–H groups in total. The summed E-state index contributed by atoms with van der Waals surface area (Å²) in [6.07, 6.45) is -4.71. The highest BCUT2D eigenvalue weighted by Crippen LogP contribution is 2.30. The first-order valence-electron chi connectivity index (χ1n) is 10.9. The Morgan fingerprint density at radius 1 is 0.970 bits per heavy atom. The molecule has 0 spiro atoms. The maximum absolute atomic E-state index is 12.5. The van der Waals surface area contributed by atoms with Crippen LogP contribution in [0.4, 0.5) is 0 Å². The number of esters is 1. The minimum Gasteiger partial charge on any atom is -0.497 e. The van der Waals surface area contributed by atoms with Crippen molar-refractivity contribution in [1.82, 2.24) is 0 Å². The normalized spacial score (nSPS) is 24.7. The van der Waals surface area contributed by atoms with Crippen molar-refractivity contribution in [3.63, 3.8) is 0 Å². The van der Waals surface area contributed by atoms with Crippen LogP contribution in [-0.4, -0.2) is 54.7 Å². The molecule has 0 amide bonds. The lowest BCUT2D eigenvalue weighted by atomic mass is 9.99. The van der Waals surface area contributed by atoms with E-state index >= 15 is 0 Å². The van der Waals surface area contributed by atoms with E-state index in [0.717, 1.165) is 5.56 Å². The summed E-state index contributed by atoms with van der Waals surface area (Å²) in [5.74, 6) is 0.406. The molecule has 8 heteroatoms. The number of aliphatic hydroxyl groups is 1. The SMILES string of the molecule is COc1ccc(O[C@H]2O[C@H](C)[C@H](O)[C@H](OCc3ccccc3)[C@H]2OC(=O)CCC(C)=O)cc1. The van der Waals surface area contributed by atoms with Gasteiger partial charge in [-0.05, 0) is 43.7 Å². The van der Waals surface area contributed by atoms with Gasteiger partial charge in [-0.2, -0.15) is 0 Å². The van der Waals surface area contributed by atoms with Crippen molar-refractivity contribution in [3.05, 3.63) is 60.2 Å².